The van der Waals surface area contributed by atoms with E-state index < -0.39 is 8.80 Å². The third-order valence-corrected chi connectivity index (χ3v) is 6.57. The minimum Gasteiger partial charge on any atom is -0.377 e. The highest BCUT2D eigenvalue weighted by molar-refractivity contribution is 7.17. The van der Waals surface area contributed by atoms with Crippen LogP contribution in [-0.2, 0) is 22.4 Å². The molecule has 0 unspecified atom stereocenters. The van der Waals surface area contributed by atoms with Crippen LogP contribution in [0.5, 0.6) is 0 Å². The largest absolute Gasteiger partial charge is 0.500 e. The molecule has 0 spiro atoms. The van der Waals surface area contributed by atoms with E-state index in [1.807, 2.05) is 0 Å². The van der Waals surface area contributed by atoms with E-state index in [1.54, 1.807) is 21.3 Å². The minimum absolute atomic E-state index is 0.202. The fraction of sp³-hybridized carbons (Fsp3) is 1.00. The lowest BCUT2D eigenvalue weighted by atomic mass is 10.1. The number of unbranched alkanes of at least 4 members (excludes halogenated alkanes) is 7. The first-order valence-corrected chi connectivity index (χ1v) is 10.0. The van der Waals surface area contributed by atoms with Gasteiger partial charge in [-0.25, -0.2) is 4.57 Å². The van der Waals surface area contributed by atoms with Gasteiger partial charge in [0.2, 0.25) is 0 Å². The van der Waals surface area contributed by atoms with Crippen LogP contribution in [0.25, 0.3) is 0 Å². The molecule has 0 atom stereocenters. The molecule has 0 saturated heterocycles. The maximum atomic E-state index is 10.0. The van der Waals surface area contributed by atoms with Gasteiger partial charge in [-0.2, -0.15) is 0 Å². The topological polar surface area (TPSA) is 54.0 Å². The molecule has 7 heteroatoms. The summed E-state index contributed by atoms with van der Waals surface area (Å²) < 4.78 is 30.9. The Hall–Kier alpha value is 0.157. The molecule has 0 heterocycles. The Kier molecular flexibility index (Phi) is 14.2. The van der Waals surface area contributed by atoms with Gasteiger partial charge in [-0.05, 0) is 12.8 Å². The van der Waals surface area contributed by atoms with Crippen LogP contribution in [0.4, 0.5) is 0 Å². The first kappa shape index (κ1) is 20.2. The summed E-state index contributed by atoms with van der Waals surface area (Å²) in [5, 5.41) is 0. The summed E-state index contributed by atoms with van der Waals surface area (Å²) in [5.74, 6) is 0. The predicted molar refractivity (Wildman–Crippen MR) is 82.1 cm³/mol. The second-order valence-electron chi connectivity index (χ2n) is 4.78. The molecule has 0 radical (unpaired) electrons. The Morgan fingerprint density at radius 2 is 1.20 bits per heavy atom. The predicted octanol–water partition coefficient (Wildman–Crippen LogP) is 4.21. The molecule has 0 fully saturated rings. The minimum atomic E-state index is -2.35. The molecule has 0 N–H and O–H groups in total. The molecule has 0 aliphatic carbocycles. The molecule has 0 aromatic heterocycles. The quantitative estimate of drug-likeness (QED) is 0.257. The lowest BCUT2D eigenvalue weighted by Gasteiger charge is -2.24. The van der Waals surface area contributed by atoms with Crippen molar-refractivity contribution >= 4 is 17.5 Å². The lowest BCUT2D eigenvalue weighted by Crippen LogP contribution is -2.42. The third kappa shape index (κ3) is 9.97. The van der Waals surface area contributed by atoms with Gasteiger partial charge < -0.3 is 13.3 Å². The Balaban J connectivity index is 3.33. The molecule has 0 bridgehead atoms. The smallest absolute Gasteiger partial charge is 0.377 e. The van der Waals surface area contributed by atoms with Gasteiger partial charge in [-0.1, -0.05) is 38.5 Å². The molecule has 5 nitrogen and oxygen atoms in total. The lowest BCUT2D eigenvalue weighted by molar-refractivity contribution is 0.122. The molecular formula is C13H29O5PSi. The summed E-state index contributed by atoms with van der Waals surface area (Å²) in [5.41, 5.74) is 0. The van der Waals surface area contributed by atoms with Crippen LogP contribution in [0, 0.1) is 0 Å². The standard InChI is InChI=1S/C13H29O5PSi/c1-15-20(16-2,17-3)13-11-9-7-5-4-6-8-10-12-18-19-14/h4-13H2,1-3H3. The van der Waals surface area contributed by atoms with E-state index in [4.69, 9.17) is 17.8 Å². The summed E-state index contributed by atoms with van der Waals surface area (Å²) in [6.45, 7) is 0.600. The zero-order valence-corrected chi connectivity index (χ0v) is 15.0. The van der Waals surface area contributed by atoms with Crippen molar-refractivity contribution in [3.63, 3.8) is 0 Å². The Bertz CT molecular complexity index is 219. The monoisotopic (exact) mass is 324 g/mol. The van der Waals surface area contributed by atoms with Crippen molar-refractivity contribution in [2.75, 3.05) is 27.9 Å². The molecule has 20 heavy (non-hydrogen) atoms. The van der Waals surface area contributed by atoms with Crippen LogP contribution in [-0.4, -0.2) is 36.7 Å². The summed E-state index contributed by atoms with van der Waals surface area (Å²) in [6.07, 6.45) is 9.45. The van der Waals surface area contributed by atoms with E-state index in [9.17, 15) is 4.57 Å². The van der Waals surface area contributed by atoms with Crippen LogP contribution in [0.15, 0.2) is 0 Å². The van der Waals surface area contributed by atoms with E-state index in [2.05, 4.69) is 0 Å². The highest BCUT2D eigenvalue weighted by atomic mass is 31.1. The fourth-order valence-corrected chi connectivity index (χ4v) is 4.16. The summed E-state index contributed by atoms with van der Waals surface area (Å²) in [4.78, 5) is 0. The van der Waals surface area contributed by atoms with Gasteiger partial charge in [0.15, 0.2) is 0 Å². The second kappa shape index (κ2) is 14.1. The van der Waals surface area contributed by atoms with E-state index in [0.29, 0.717) is 6.61 Å². The van der Waals surface area contributed by atoms with Gasteiger partial charge in [0, 0.05) is 27.4 Å². The van der Waals surface area contributed by atoms with Gasteiger partial charge >= 0.3 is 17.5 Å². The van der Waals surface area contributed by atoms with Crippen molar-refractivity contribution < 1.29 is 22.4 Å². The van der Waals surface area contributed by atoms with Gasteiger partial charge in [-0.15, -0.1) is 0 Å². The molecule has 0 aromatic rings. The van der Waals surface area contributed by atoms with Crippen molar-refractivity contribution in [3.8, 4) is 0 Å². The number of rotatable bonds is 15. The van der Waals surface area contributed by atoms with Gasteiger partial charge in [-0.3, -0.25) is 4.52 Å². The molecule has 0 aromatic carbocycles. The molecule has 0 aliphatic heterocycles. The van der Waals surface area contributed by atoms with Crippen molar-refractivity contribution in [2.24, 2.45) is 0 Å². The van der Waals surface area contributed by atoms with Crippen LogP contribution in [0.3, 0.4) is 0 Å². The zero-order valence-electron chi connectivity index (χ0n) is 13.1. The van der Waals surface area contributed by atoms with Crippen molar-refractivity contribution in [1.82, 2.24) is 0 Å². The first-order chi connectivity index (χ1) is 9.74. The van der Waals surface area contributed by atoms with E-state index in [-0.39, 0.29) is 8.69 Å². The summed E-state index contributed by atoms with van der Waals surface area (Å²) in [7, 11) is 2.43. The maximum Gasteiger partial charge on any atom is 0.500 e. The van der Waals surface area contributed by atoms with Gasteiger partial charge in [0.1, 0.15) is 0 Å². The SMILES string of the molecule is CO[Si](CCCCCCCCCCOP=O)(OC)OC. The van der Waals surface area contributed by atoms with E-state index in [1.165, 1.54) is 32.1 Å². The molecule has 0 saturated carbocycles. The van der Waals surface area contributed by atoms with Crippen LogP contribution >= 0.6 is 8.69 Å². The molecule has 0 rings (SSSR count). The maximum absolute atomic E-state index is 10.0. The normalized spacial score (nSPS) is 12.2. The average Bonchev–Trinajstić information content (AvgIpc) is 2.49. The molecule has 0 aliphatic rings. The van der Waals surface area contributed by atoms with Crippen LogP contribution in [0.2, 0.25) is 6.04 Å². The molecular weight excluding hydrogens is 295 g/mol. The number of hydrogen-bond acceptors (Lipinski definition) is 5. The second-order valence-corrected chi connectivity index (χ2v) is 8.28. The Morgan fingerprint density at radius 3 is 1.65 bits per heavy atom. The molecule has 120 valence electrons. The Labute approximate surface area is 126 Å². The van der Waals surface area contributed by atoms with Crippen LogP contribution < -0.4 is 0 Å². The van der Waals surface area contributed by atoms with Crippen LogP contribution in [0.1, 0.15) is 51.4 Å². The van der Waals surface area contributed by atoms with E-state index in [0.717, 1.165) is 25.3 Å². The fourth-order valence-electron chi connectivity index (χ4n) is 2.16. The number of hydrogen-bond donors (Lipinski definition) is 0. The Morgan fingerprint density at radius 1 is 0.750 bits per heavy atom. The summed E-state index contributed by atoms with van der Waals surface area (Å²) >= 11 is 0. The first-order valence-electron chi connectivity index (χ1n) is 7.34. The average molecular weight is 324 g/mol. The third-order valence-electron chi connectivity index (χ3n) is 3.45. The zero-order chi connectivity index (χ0) is 15.1. The van der Waals surface area contributed by atoms with Gasteiger partial charge in [0.05, 0.1) is 6.61 Å². The van der Waals surface area contributed by atoms with Crippen molar-refractivity contribution in [1.29, 1.82) is 0 Å². The highest BCUT2D eigenvalue weighted by Crippen LogP contribution is 2.18. The van der Waals surface area contributed by atoms with Gasteiger partial charge in [0.25, 0.3) is 0 Å². The van der Waals surface area contributed by atoms with E-state index >= 15 is 0 Å². The molecule has 0 amide bonds. The van der Waals surface area contributed by atoms with Crippen molar-refractivity contribution in [2.45, 2.75) is 57.4 Å². The van der Waals surface area contributed by atoms with Crippen molar-refractivity contribution in [3.05, 3.63) is 0 Å². The highest BCUT2D eigenvalue weighted by Gasteiger charge is 2.36. The summed E-state index contributed by atoms with van der Waals surface area (Å²) in [6, 6.07) is 0.891.